The smallest absolute Gasteiger partial charge is 0.306 e. The second kappa shape index (κ2) is 12.3. The standard InChI is InChI=1S/C33H31F2N3O5/c1-33(2,3)42-30(39)7-5-4-6-29-36-27-18-21(10-17-25(27)32(41)38(29)24-15-13-23(35)14-16-24)26-19-28(43-37-26)31(40)20-8-11-22(34)12-9-20/h8-19,31,40H,4-7H2,1-3H3/t31-/m0/s1. The predicted octanol–water partition coefficient (Wildman–Crippen LogP) is 6.46. The average Bonchev–Trinajstić information content (AvgIpc) is 3.46. The van der Waals surface area contributed by atoms with E-state index in [1.54, 1.807) is 24.3 Å². The Morgan fingerprint density at radius 3 is 2.33 bits per heavy atom. The molecule has 0 radical (unpaired) electrons. The quantitative estimate of drug-likeness (QED) is 0.156. The summed E-state index contributed by atoms with van der Waals surface area (Å²) >= 11 is 0. The van der Waals surface area contributed by atoms with E-state index >= 15 is 0 Å². The van der Waals surface area contributed by atoms with E-state index < -0.39 is 23.3 Å². The van der Waals surface area contributed by atoms with Gasteiger partial charge in [-0.15, -0.1) is 0 Å². The van der Waals surface area contributed by atoms with Gasteiger partial charge in [0.25, 0.3) is 5.56 Å². The molecular weight excluding hydrogens is 556 g/mol. The van der Waals surface area contributed by atoms with Crippen molar-refractivity contribution in [2.24, 2.45) is 0 Å². The van der Waals surface area contributed by atoms with Crippen LogP contribution in [0.25, 0.3) is 27.8 Å². The van der Waals surface area contributed by atoms with Gasteiger partial charge >= 0.3 is 5.97 Å². The number of hydrogen-bond acceptors (Lipinski definition) is 7. The van der Waals surface area contributed by atoms with Gasteiger partial charge in [-0.2, -0.15) is 0 Å². The second-order valence-electron chi connectivity index (χ2n) is 11.2. The fourth-order valence-corrected chi connectivity index (χ4v) is 4.72. The lowest BCUT2D eigenvalue weighted by atomic mass is 10.0. The molecule has 0 spiro atoms. The molecular formula is C33H31F2N3O5. The van der Waals surface area contributed by atoms with Crippen LogP contribution in [0.15, 0.2) is 82.1 Å². The van der Waals surface area contributed by atoms with Gasteiger partial charge in [0.05, 0.1) is 16.6 Å². The molecule has 0 aliphatic carbocycles. The van der Waals surface area contributed by atoms with Gasteiger partial charge in [0.2, 0.25) is 0 Å². The number of hydrogen-bond donors (Lipinski definition) is 1. The lowest BCUT2D eigenvalue weighted by molar-refractivity contribution is -0.154. The van der Waals surface area contributed by atoms with Crippen LogP contribution in [0.3, 0.4) is 0 Å². The summed E-state index contributed by atoms with van der Waals surface area (Å²) in [4.78, 5) is 30.7. The number of benzene rings is 3. The summed E-state index contributed by atoms with van der Waals surface area (Å²) in [5.41, 5.74) is 1.48. The molecule has 0 fully saturated rings. The molecule has 2 heterocycles. The van der Waals surface area contributed by atoms with Crippen molar-refractivity contribution in [2.75, 3.05) is 0 Å². The molecule has 0 unspecified atom stereocenters. The zero-order valence-corrected chi connectivity index (χ0v) is 24.0. The molecule has 5 rings (SSSR count). The topological polar surface area (TPSA) is 107 Å². The molecule has 8 nitrogen and oxygen atoms in total. The van der Waals surface area contributed by atoms with Crippen molar-refractivity contribution in [3.63, 3.8) is 0 Å². The van der Waals surface area contributed by atoms with Crippen molar-refractivity contribution >= 4 is 16.9 Å². The van der Waals surface area contributed by atoms with Gasteiger partial charge in [-0.3, -0.25) is 14.2 Å². The van der Waals surface area contributed by atoms with Crippen LogP contribution in [0.1, 0.15) is 63.3 Å². The summed E-state index contributed by atoms with van der Waals surface area (Å²) in [5, 5.41) is 15.1. The number of nitrogens with zero attached hydrogens (tertiary/aromatic N) is 3. The highest BCUT2D eigenvalue weighted by Crippen LogP contribution is 2.28. The number of fused-ring (bicyclic) bond motifs is 1. The first-order valence-corrected chi connectivity index (χ1v) is 13.9. The summed E-state index contributed by atoms with van der Waals surface area (Å²) in [6.07, 6.45) is 0.563. The lowest BCUT2D eigenvalue weighted by Crippen LogP contribution is -2.24. The minimum atomic E-state index is -1.14. The monoisotopic (exact) mass is 587 g/mol. The van der Waals surface area contributed by atoms with Crippen molar-refractivity contribution < 1.29 is 27.9 Å². The highest BCUT2D eigenvalue weighted by atomic mass is 19.1. The second-order valence-corrected chi connectivity index (χ2v) is 11.2. The maximum atomic E-state index is 13.7. The van der Waals surface area contributed by atoms with Gasteiger partial charge in [-0.05, 0) is 87.7 Å². The molecule has 0 bridgehead atoms. The maximum Gasteiger partial charge on any atom is 0.306 e. The van der Waals surface area contributed by atoms with E-state index in [0.717, 1.165) is 0 Å². The van der Waals surface area contributed by atoms with E-state index in [0.29, 0.717) is 58.5 Å². The van der Waals surface area contributed by atoms with Crippen LogP contribution in [0.4, 0.5) is 8.78 Å². The molecule has 0 aliphatic rings. The van der Waals surface area contributed by atoms with Crippen molar-refractivity contribution in [3.05, 3.63) is 112 Å². The van der Waals surface area contributed by atoms with Gasteiger partial charge in [-0.1, -0.05) is 23.4 Å². The van der Waals surface area contributed by atoms with E-state index in [9.17, 15) is 23.5 Å². The Balaban J connectivity index is 1.45. The molecule has 2 aromatic heterocycles. The summed E-state index contributed by atoms with van der Waals surface area (Å²) in [6, 6.07) is 17.6. The van der Waals surface area contributed by atoms with Crippen LogP contribution < -0.4 is 5.56 Å². The van der Waals surface area contributed by atoms with Crippen LogP contribution in [0.5, 0.6) is 0 Å². The summed E-state index contributed by atoms with van der Waals surface area (Å²) in [7, 11) is 0. The number of aliphatic hydroxyl groups excluding tert-OH is 1. The SMILES string of the molecule is CC(C)(C)OC(=O)CCCCc1nc2cc(-c3cc([C@@H](O)c4ccc(F)cc4)on3)ccc2c(=O)n1-c1ccc(F)cc1. The van der Waals surface area contributed by atoms with Gasteiger partial charge < -0.3 is 14.4 Å². The number of ether oxygens (including phenoxy) is 1. The molecule has 1 atom stereocenters. The molecule has 0 aliphatic heterocycles. The Morgan fingerprint density at radius 2 is 1.65 bits per heavy atom. The number of rotatable bonds is 9. The number of aryl methyl sites for hydroxylation is 1. The number of carbonyl (C=O) groups is 1. The Morgan fingerprint density at radius 1 is 0.977 bits per heavy atom. The summed E-state index contributed by atoms with van der Waals surface area (Å²) in [6.45, 7) is 5.44. The third-order valence-electron chi connectivity index (χ3n) is 6.75. The van der Waals surface area contributed by atoms with Gasteiger partial charge in [0.15, 0.2) is 5.76 Å². The first-order chi connectivity index (χ1) is 20.5. The normalized spacial score (nSPS) is 12.4. The van der Waals surface area contributed by atoms with Crippen LogP contribution in [-0.4, -0.2) is 31.4 Å². The molecule has 1 N–H and O–H groups in total. The van der Waals surface area contributed by atoms with Crippen LogP contribution in [0.2, 0.25) is 0 Å². The van der Waals surface area contributed by atoms with E-state index in [4.69, 9.17) is 14.2 Å². The van der Waals surface area contributed by atoms with Crippen molar-refractivity contribution in [1.29, 1.82) is 0 Å². The van der Waals surface area contributed by atoms with Crippen LogP contribution in [0, 0.1) is 11.6 Å². The lowest BCUT2D eigenvalue weighted by Gasteiger charge is -2.19. The number of halogens is 2. The average molecular weight is 588 g/mol. The van der Waals surface area contributed by atoms with Crippen LogP contribution in [-0.2, 0) is 16.0 Å². The van der Waals surface area contributed by atoms with Crippen molar-refractivity contribution in [3.8, 4) is 16.9 Å². The van der Waals surface area contributed by atoms with Gasteiger partial charge in [0.1, 0.15) is 34.9 Å². The van der Waals surface area contributed by atoms with E-state index in [1.807, 2.05) is 20.8 Å². The minimum absolute atomic E-state index is 0.173. The number of carbonyl (C=O) groups excluding carboxylic acids is 1. The van der Waals surface area contributed by atoms with Gasteiger partial charge in [0, 0.05) is 24.5 Å². The van der Waals surface area contributed by atoms with E-state index in [-0.39, 0.29) is 23.7 Å². The fraction of sp³-hybridized carbons (Fsp3) is 0.273. The number of unbranched alkanes of at least 4 members (excludes halogenated alkanes) is 1. The largest absolute Gasteiger partial charge is 0.460 e. The molecule has 0 saturated carbocycles. The summed E-state index contributed by atoms with van der Waals surface area (Å²) in [5.74, 6) is -0.509. The van der Waals surface area contributed by atoms with Crippen molar-refractivity contribution in [1.82, 2.24) is 14.7 Å². The fourth-order valence-electron chi connectivity index (χ4n) is 4.72. The molecule has 43 heavy (non-hydrogen) atoms. The highest BCUT2D eigenvalue weighted by Gasteiger charge is 2.20. The molecule has 5 aromatic rings. The zero-order chi connectivity index (χ0) is 30.7. The Hall–Kier alpha value is -4.70. The first-order valence-electron chi connectivity index (χ1n) is 13.9. The molecule has 0 amide bonds. The molecule has 0 saturated heterocycles. The number of aliphatic hydroxyl groups is 1. The molecule has 3 aromatic carbocycles. The minimum Gasteiger partial charge on any atom is -0.460 e. The van der Waals surface area contributed by atoms with Gasteiger partial charge in [-0.25, -0.2) is 13.8 Å². The molecule has 10 heteroatoms. The Labute approximate surface area is 246 Å². The third kappa shape index (κ3) is 7.03. The third-order valence-corrected chi connectivity index (χ3v) is 6.75. The van der Waals surface area contributed by atoms with Crippen molar-refractivity contribution in [2.45, 2.75) is 58.2 Å². The summed E-state index contributed by atoms with van der Waals surface area (Å²) < 4.78 is 39.2. The predicted molar refractivity (Wildman–Crippen MR) is 157 cm³/mol. The first kappa shape index (κ1) is 29.8. The Kier molecular flexibility index (Phi) is 8.50. The molecule has 222 valence electrons. The zero-order valence-electron chi connectivity index (χ0n) is 24.0. The van der Waals surface area contributed by atoms with E-state index in [2.05, 4.69) is 5.16 Å². The van der Waals surface area contributed by atoms with Crippen LogP contribution >= 0.6 is 0 Å². The number of esters is 1. The maximum absolute atomic E-state index is 13.7. The number of aromatic nitrogens is 3. The Bertz CT molecular complexity index is 1810. The highest BCUT2D eigenvalue weighted by molar-refractivity contribution is 5.83. The van der Waals surface area contributed by atoms with E-state index in [1.165, 1.54) is 53.1 Å².